The highest BCUT2D eigenvalue weighted by Crippen LogP contribution is 2.19. The fraction of sp³-hybridized carbons (Fsp3) is 0.143. The van der Waals surface area contributed by atoms with E-state index in [1.165, 1.54) is 0 Å². The van der Waals surface area contributed by atoms with E-state index < -0.39 is 6.10 Å². The van der Waals surface area contributed by atoms with Crippen LogP contribution in [-0.4, -0.2) is 16.0 Å². The summed E-state index contributed by atoms with van der Waals surface area (Å²) in [4.78, 5) is 16.1. The van der Waals surface area contributed by atoms with Crippen LogP contribution < -0.4 is 5.32 Å². The first-order valence-corrected chi connectivity index (χ1v) is 8.21. The highest BCUT2D eigenvalue weighted by molar-refractivity contribution is 5.76. The molecule has 25 heavy (non-hydrogen) atoms. The van der Waals surface area contributed by atoms with Crippen molar-refractivity contribution in [3.05, 3.63) is 90.3 Å². The van der Waals surface area contributed by atoms with Gasteiger partial charge in [0.25, 0.3) is 0 Å². The molecule has 0 aliphatic rings. The maximum absolute atomic E-state index is 12.0. The zero-order valence-electron chi connectivity index (χ0n) is 13.8. The van der Waals surface area contributed by atoms with Crippen LogP contribution in [0.3, 0.4) is 0 Å². The summed E-state index contributed by atoms with van der Waals surface area (Å²) < 4.78 is 0. The second kappa shape index (κ2) is 8.22. The molecule has 0 spiro atoms. The average Bonchev–Trinajstić information content (AvgIpc) is 2.68. The van der Waals surface area contributed by atoms with Crippen molar-refractivity contribution in [2.75, 3.05) is 0 Å². The van der Waals surface area contributed by atoms with Crippen molar-refractivity contribution in [2.24, 2.45) is 0 Å². The molecule has 0 aliphatic carbocycles. The predicted molar refractivity (Wildman–Crippen MR) is 97.5 cm³/mol. The monoisotopic (exact) mass is 332 g/mol. The molecule has 3 aromatic rings. The number of carbonyl (C=O) groups is 1. The molecule has 126 valence electrons. The highest BCUT2D eigenvalue weighted by Gasteiger charge is 2.12. The molecule has 4 heteroatoms. The Morgan fingerprint density at radius 2 is 1.72 bits per heavy atom. The van der Waals surface area contributed by atoms with Crippen LogP contribution in [0.2, 0.25) is 0 Å². The Morgan fingerprint density at radius 3 is 2.40 bits per heavy atom. The molecule has 0 bridgehead atoms. The summed E-state index contributed by atoms with van der Waals surface area (Å²) in [6, 6.07) is 21.1. The Labute approximate surface area is 147 Å². The Bertz CT molecular complexity index is 802. The quantitative estimate of drug-likeness (QED) is 0.726. The lowest BCUT2D eigenvalue weighted by molar-refractivity contribution is -0.123. The van der Waals surface area contributed by atoms with Crippen molar-refractivity contribution in [3.63, 3.8) is 0 Å². The standard InChI is InChI=1S/C21H20N2O2/c24-20(18-5-2-1-3-6-18)13-21(25)23-14-16-8-10-17(11-9-16)19-7-4-12-22-15-19/h1-12,15,20,24H,13-14H2,(H,23,25). The molecule has 1 heterocycles. The van der Waals surface area contributed by atoms with Crippen molar-refractivity contribution >= 4 is 5.91 Å². The van der Waals surface area contributed by atoms with Gasteiger partial charge in [-0.05, 0) is 28.3 Å². The third kappa shape index (κ3) is 4.75. The summed E-state index contributed by atoms with van der Waals surface area (Å²) in [7, 11) is 0. The fourth-order valence-corrected chi connectivity index (χ4v) is 2.59. The Morgan fingerprint density at radius 1 is 0.960 bits per heavy atom. The normalized spacial score (nSPS) is 11.7. The van der Waals surface area contributed by atoms with E-state index >= 15 is 0 Å². The number of carbonyl (C=O) groups excluding carboxylic acids is 1. The molecule has 1 amide bonds. The molecule has 2 N–H and O–H groups in total. The van der Waals surface area contributed by atoms with Gasteiger partial charge in [-0.25, -0.2) is 0 Å². The molecule has 4 nitrogen and oxygen atoms in total. The SMILES string of the molecule is O=C(CC(O)c1ccccc1)NCc1ccc(-c2cccnc2)cc1. The summed E-state index contributed by atoms with van der Waals surface area (Å²) in [6.45, 7) is 0.438. The van der Waals surface area contributed by atoms with E-state index in [4.69, 9.17) is 0 Å². The number of benzene rings is 2. The Balaban J connectivity index is 1.52. The molecule has 0 aliphatic heterocycles. The molecular formula is C21H20N2O2. The second-order valence-corrected chi connectivity index (χ2v) is 5.85. The lowest BCUT2D eigenvalue weighted by Crippen LogP contribution is -2.24. The van der Waals surface area contributed by atoms with Crippen molar-refractivity contribution < 1.29 is 9.90 Å². The summed E-state index contributed by atoms with van der Waals surface area (Å²) in [5.41, 5.74) is 3.90. The maximum Gasteiger partial charge on any atom is 0.223 e. The number of aliphatic hydroxyl groups is 1. The summed E-state index contributed by atoms with van der Waals surface area (Å²) in [5.74, 6) is -0.173. The topological polar surface area (TPSA) is 62.2 Å². The van der Waals surface area contributed by atoms with Crippen LogP contribution in [-0.2, 0) is 11.3 Å². The van der Waals surface area contributed by atoms with Crippen LogP contribution in [0.4, 0.5) is 0 Å². The van der Waals surface area contributed by atoms with Crippen LogP contribution in [0.25, 0.3) is 11.1 Å². The zero-order valence-corrected chi connectivity index (χ0v) is 13.8. The smallest absolute Gasteiger partial charge is 0.223 e. The zero-order chi connectivity index (χ0) is 17.5. The number of hydrogen-bond acceptors (Lipinski definition) is 3. The summed E-state index contributed by atoms with van der Waals surface area (Å²) in [6.07, 6.45) is 2.84. The molecule has 0 saturated heterocycles. The van der Waals surface area contributed by atoms with Crippen molar-refractivity contribution in [3.8, 4) is 11.1 Å². The van der Waals surface area contributed by atoms with Gasteiger partial charge < -0.3 is 10.4 Å². The third-order valence-electron chi connectivity index (χ3n) is 4.00. The Kier molecular flexibility index (Phi) is 5.54. The van der Waals surface area contributed by atoms with Gasteiger partial charge in [-0.15, -0.1) is 0 Å². The maximum atomic E-state index is 12.0. The van der Waals surface area contributed by atoms with Crippen molar-refractivity contribution in [2.45, 2.75) is 19.1 Å². The van der Waals surface area contributed by atoms with Gasteiger partial charge in [0.05, 0.1) is 12.5 Å². The molecule has 1 atom stereocenters. The van der Waals surface area contributed by atoms with Gasteiger partial charge in [-0.3, -0.25) is 9.78 Å². The van der Waals surface area contributed by atoms with Gasteiger partial charge in [-0.1, -0.05) is 60.7 Å². The van der Waals surface area contributed by atoms with E-state index in [1.807, 2.05) is 72.9 Å². The number of nitrogens with zero attached hydrogens (tertiary/aromatic N) is 1. The summed E-state index contributed by atoms with van der Waals surface area (Å²) >= 11 is 0. The van der Waals surface area contributed by atoms with E-state index in [9.17, 15) is 9.90 Å². The number of amides is 1. The molecule has 1 unspecified atom stereocenters. The number of nitrogens with one attached hydrogen (secondary N) is 1. The minimum absolute atomic E-state index is 0.0534. The first-order valence-electron chi connectivity index (χ1n) is 8.21. The molecule has 0 fully saturated rings. The minimum Gasteiger partial charge on any atom is -0.388 e. The van der Waals surface area contributed by atoms with Gasteiger partial charge in [0.2, 0.25) is 5.91 Å². The van der Waals surface area contributed by atoms with Crippen molar-refractivity contribution in [1.29, 1.82) is 0 Å². The average molecular weight is 332 g/mol. The Hall–Kier alpha value is -2.98. The lowest BCUT2D eigenvalue weighted by atomic mass is 10.1. The van der Waals surface area contributed by atoms with Crippen LogP contribution in [0.1, 0.15) is 23.7 Å². The fourth-order valence-electron chi connectivity index (χ4n) is 2.59. The largest absolute Gasteiger partial charge is 0.388 e. The van der Waals surface area contributed by atoms with E-state index in [2.05, 4.69) is 10.3 Å². The van der Waals surface area contributed by atoms with Crippen LogP contribution in [0.15, 0.2) is 79.1 Å². The predicted octanol–water partition coefficient (Wildman–Crippen LogP) is 3.49. The first kappa shape index (κ1) is 16.9. The van der Waals surface area contributed by atoms with Gasteiger partial charge in [0, 0.05) is 18.9 Å². The third-order valence-corrected chi connectivity index (χ3v) is 4.00. The van der Waals surface area contributed by atoms with Gasteiger partial charge in [0.1, 0.15) is 0 Å². The van der Waals surface area contributed by atoms with E-state index in [-0.39, 0.29) is 12.3 Å². The summed E-state index contributed by atoms with van der Waals surface area (Å²) in [5, 5.41) is 12.9. The number of aromatic nitrogens is 1. The molecule has 2 aromatic carbocycles. The van der Waals surface area contributed by atoms with E-state index in [0.717, 1.165) is 22.3 Å². The number of rotatable bonds is 6. The molecule has 0 saturated carbocycles. The van der Waals surface area contributed by atoms with Crippen LogP contribution in [0.5, 0.6) is 0 Å². The molecule has 1 aromatic heterocycles. The van der Waals surface area contributed by atoms with E-state index in [1.54, 1.807) is 6.20 Å². The van der Waals surface area contributed by atoms with Crippen molar-refractivity contribution in [1.82, 2.24) is 10.3 Å². The number of hydrogen-bond donors (Lipinski definition) is 2. The molecule has 3 rings (SSSR count). The van der Waals surface area contributed by atoms with E-state index in [0.29, 0.717) is 6.54 Å². The molecule has 0 radical (unpaired) electrons. The highest BCUT2D eigenvalue weighted by atomic mass is 16.3. The lowest BCUT2D eigenvalue weighted by Gasteiger charge is -2.11. The van der Waals surface area contributed by atoms with Gasteiger partial charge in [-0.2, -0.15) is 0 Å². The van der Waals surface area contributed by atoms with Gasteiger partial charge in [0.15, 0.2) is 0 Å². The second-order valence-electron chi connectivity index (χ2n) is 5.85. The van der Waals surface area contributed by atoms with Crippen LogP contribution >= 0.6 is 0 Å². The number of pyridine rings is 1. The van der Waals surface area contributed by atoms with Gasteiger partial charge >= 0.3 is 0 Å². The number of aliphatic hydroxyl groups excluding tert-OH is 1. The van der Waals surface area contributed by atoms with Crippen LogP contribution in [0, 0.1) is 0 Å². The minimum atomic E-state index is -0.783. The first-order chi connectivity index (χ1) is 12.2. The molecular weight excluding hydrogens is 312 g/mol.